The van der Waals surface area contributed by atoms with Gasteiger partial charge in [0.25, 0.3) is 0 Å². The first kappa shape index (κ1) is 10.7. The van der Waals surface area contributed by atoms with Crippen molar-refractivity contribution in [2.24, 2.45) is 0 Å². The van der Waals surface area contributed by atoms with Crippen LogP contribution in [0.15, 0.2) is 60.7 Å². The molecule has 82 valence electrons. The van der Waals surface area contributed by atoms with Crippen LogP contribution in [0.25, 0.3) is 0 Å². The number of hydrogen-bond donors (Lipinski definition) is 2. The van der Waals surface area contributed by atoms with E-state index in [1.807, 2.05) is 24.3 Å². The molecule has 0 unspecified atom stereocenters. The van der Waals surface area contributed by atoms with Gasteiger partial charge in [0.05, 0.1) is 6.67 Å². The molecule has 2 aromatic carbocycles. The maximum Gasteiger partial charge on any atom is 0.0655 e. The van der Waals surface area contributed by atoms with Crippen LogP contribution in [-0.4, -0.2) is 6.67 Å². The Morgan fingerprint density at radius 1 is 0.750 bits per heavy atom. The van der Waals surface area contributed by atoms with Crippen molar-refractivity contribution in [3.63, 3.8) is 0 Å². The number of para-hydroxylation sites is 1. The van der Waals surface area contributed by atoms with E-state index >= 15 is 0 Å². The van der Waals surface area contributed by atoms with Gasteiger partial charge in [-0.2, -0.15) is 0 Å². The monoisotopic (exact) mass is 212 g/mol. The Hall–Kier alpha value is -1.80. The van der Waals surface area contributed by atoms with Crippen molar-refractivity contribution >= 4 is 5.69 Å². The summed E-state index contributed by atoms with van der Waals surface area (Å²) in [7, 11) is 0. The predicted octanol–water partition coefficient (Wildman–Crippen LogP) is 2.85. The van der Waals surface area contributed by atoms with E-state index in [0.717, 1.165) is 18.9 Å². The fourth-order valence-electron chi connectivity index (χ4n) is 1.52. The van der Waals surface area contributed by atoms with E-state index in [-0.39, 0.29) is 0 Å². The standard InChI is InChI=1S/C14H16N2/c1-3-7-13(8-4-1)11-15-12-16-14-9-5-2-6-10-14/h1-10,15-16H,11-12H2. The lowest BCUT2D eigenvalue weighted by molar-refractivity contribution is 0.734. The quantitative estimate of drug-likeness (QED) is 0.588. The summed E-state index contributed by atoms with van der Waals surface area (Å²) >= 11 is 0. The second-order valence-electron chi connectivity index (χ2n) is 3.63. The molecule has 2 rings (SSSR count). The van der Waals surface area contributed by atoms with Gasteiger partial charge in [0, 0.05) is 12.2 Å². The number of rotatable bonds is 5. The molecule has 0 bridgehead atoms. The van der Waals surface area contributed by atoms with E-state index in [4.69, 9.17) is 0 Å². The summed E-state index contributed by atoms with van der Waals surface area (Å²) in [5.41, 5.74) is 2.44. The fraction of sp³-hybridized carbons (Fsp3) is 0.143. The Balaban J connectivity index is 1.70. The van der Waals surface area contributed by atoms with Crippen LogP contribution in [0.1, 0.15) is 5.56 Å². The minimum Gasteiger partial charge on any atom is -0.372 e. The molecule has 0 atom stereocenters. The highest BCUT2D eigenvalue weighted by Crippen LogP contribution is 2.03. The summed E-state index contributed by atoms with van der Waals surface area (Å²) in [4.78, 5) is 0. The molecule has 0 aliphatic heterocycles. The Morgan fingerprint density at radius 2 is 1.38 bits per heavy atom. The molecule has 0 aliphatic carbocycles. The summed E-state index contributed by atoms with van der Waals surface area (Å²) in [6.45, 7) is 1.67. The van der Waals surface area contributed by atoms with Crippen LogP contribution in [0.5, 0.6) is 0 Å². The van der Waals surface area contributed by atoms with Crippen molar-refractivity contribution < 1.29 is 0 Å². The van der Waals surface area contributed by atoms with E-state index in [1.54, 1.807) is 0 Å². The molecule has 2 heteroatoms. The summed E-state index contributed by atoms with van der Waals surface area (Å²) in [6.07, 6.45) is 0. The molecule has 0 heterocycles. The van der Waals surface area contributed by atoms with E-state index in [2.05, 4.69) is 47.0 Å². The molecule has 2 nitrogen and oxygen atoms in total. The van der Waals surface area contributed by atoms with E-state index in [0.29, 0.717) is 0 Å². The van der Waals surface area contributed by atoms with Gasteiger partial charge >= 0.3 is 0 Å². The van der Waals surface area contributed by atoms with Crippen molar-refractivity contribution in [2.75, 3.05) is 12.0 Å². The number of anilines is 1. The lowest BCUT2D eigenvalue weighted by Crippen LogP contribution is -2.21. The van der Waals surface area contributed by atoms with Gasteiger partial charge in [0.15, 0.2) is 0 Å². The van der Waals surface area contributed by atoms with Crippen LogP contribution < -0.4 is 10.6 Å². The molecular formula is C14H16N2. The van der Waals surface area contributed by atoms with Gasteiger partial charge in [-0.1, -0.05) is 48.5 Å². The molecule has 2 N–H and O–H groups in total. The summed E-state index contributed by atoms with van der Waals surface area (Å²) < 4.78 is 0. The number of hydrogen-bond acceptors (Lipinski definition) is 2. The van der Waals surface area contributed by atoms with Crippen molar-refractivity contribution in [1.29, 1.82) is 0 Å². The average Bonchev–Trinajstić information content (AvgIpc) is 2.37. The van der Waals surface area contributed by atoms with Gasteiger partial charge in [-0.05, 0) is 17.7 Å². The average molecular weight is 212 g/mol. The lowest BCUT2D eigenvalue weighted by Gasteiger charge is -2.07. The largest absolute Gasteiger partial charge is 0.372 e. The van der Waals surface area contributed by atoms with Gasteiger partial charge in [0.2, 0.25) is 0 Å². The third-order valence-electron chi connectivity index (χ3n) is 2.36. The van der Waals surface area contributed by atoms with Gasteiger partial charge in [-0.3, -0.25) is 5.32 Å². The molecule has 0 aromatic heterocycles. The molecule has 0 aliphatic rings. The third-order valence-corrected chi connectivity index (χ3v) is 2.36. The minimum atomic E-state index is 0.777. The second-order valence-corrected chi connectivity index (χ2v) is 3.63. The van der Waals surface area contributed by atoms with Crippen molar-refractivity contribution in [3.05, 3.63) is 66.2 Å². The zero-order chi connectivity index (χ0) is 11.1. The Bertz CT molecular complexity index is 356. The molecular weight excluding hydrogens is 196 g/mol. The van der Waals surface area contributed by atoms with Gasteiger partial charge < -0.3 is 5.32 Å². The van der Waals surface area contributed by atoms with Crippen LogP contribution in [0.2, 0.25) is 0 Å². The maximum absolute atomic E-state index is 3.34. The van der Waals surface area contributed by atoms with E-state index in [9.17, 15) is 0 Å². The first-order chi connectivity index (χ1) is 7.95. The molecule has 0 saturated carbocycles. The smallest absolute Gasteiger partial charge is 0.0655 e. The zero-order valence-corrected chi connectivity index (χ0v) is 9.19. The maximum atomic E-state index is 3.34. The number of benzene rings is 2. The van der Waals surface area contributed by atoms with Crippen LogP contribution in [0.3, 0.4) is 0 Å². The highest BCUT2D eigenvalue weighted by Gasteiger charge is 1.90. The Morgan fingerprint density at radius 3 is 2.06 bits per heavy atom. The minimum absolute atomic E-state index is 0.777. The Kier molecular flexibility index (Phi) is 3.97. The zero-order valence-electron chi connectivity index (χ0n) is 9.19. The van der Waals surface area contributed by atoms with Crippen LogP contribution in [0, 0.1) is 0 Å². The predicted molar refractivity (Wildman–Crippen MR) is 68.2 cm³/mol. The molecule has 0 saturated heterocycles. The topological polar surface area (TPSA) is 24.1 Å². The molecule has 0 radical (unpaired) electrons. The summed E-state index contributed by atoms with van der Waals surface area (Å²) in [5, 5.41) is 6.64. The highest BCUT2D eigenvalue weighted by atomic mass is 15.1. The van der Waals surface area contributed by atoms with Gasteiger partial charge in [-0.15, -0.1) is 0 Å². The summed E-state index contributed by atoms with van der Waals surface area (Å²) in [5.74, 6) is 0. The number of nitrogens with one attached hydrogen (secondary N) is 2. The normalized spacial score (nSPS) is 10.0. The van der Waals surface area contributed by atoms with Crippen LogP contribution >= 0.6 is 0 Å². The SMILES string of the molecule is c1ccc(CNCNc2ccccc2)cc1. The van der Waals surface area contributed by atoms with Crippen LogP contribution in [-0.2, 0) is 6.54 Å². The summed E-state index contributed by atoms with van der Waals surface area (Å²) in [6, 6.07) is 20.6. The van der Waals surface area contributed by atoms with E-state index in [1.165, 1.54) is 5.56 Å². The second kappa shape index (κ2) is 5.93. The van der Waals surface area contributed by atoms with Crippen LogP contribution in [0.4, 0.5) is 5.69 Å². The third kappa shape index (κ3) is 3.41. The van der Waals surface area contributed by atoms with Gasteiger partial charge in [-0.25, -0.2) is 0 Å². The molecule has 2 aromatic rings. The van der Waals surface area contributed by atoms with Crippen molar-refractivity contribution in [1.82, 2.24) is 5.32 Å². The first-order valence-electron chi connectivity index (χ1n) is 5.49. The fourth-order valence-corrected chi connectivity index (χ4v) is 1.52. The Labute approximate surface area is 96.3 Å². The van der Waals surface area contributed by atoms with Crippen molar-refractivity contribution in [3.8, 4) is 0 Å². The lowest BCUT2D eigenvalue weighted by atomic mass is 10.2. The molecule has 0 amide bonds. The van der Waals surface area contributed by atoms with Crippen molar-refractivity contribution in [2.45, 2.75) is 6.54 Å². The van der Waals surface area contributed by atoms with E-state index < -0.39 is 0 Å². The molecule has 16 heavy (non-hydrogen) atoms. The molecule has 0 fully saturated rings. The molecule has 0 spiro atoms. The first-order valence-corrected chi connectivity index (χ1v) is 5.49. The highest BCUT2D eigenvalue weighted by molar-refractivity contribution is 5.42. The van der Waals surface area contributed by atoms with Gasteiger partial charge in [0.1, 0.15) is 0 Å².